The number of anilines is 1. The third-order valence-electron chi connectivity index (χ3n) is 4.71. The van der Waals surface area contributed by atoms with Crippen molar-refractivity contribution in [2.75, 3.05) is 5.32 Å². The van der Waals surface area contributed by atoms with Gasteiger partial charge in [-0.1, -0.05) is 61.0 Å². The van der Waals surface area contributed by atoms with E-state index in [0.29, 0.717) is 23.2 Å². The molecule has 0 saturated carbocycles. The van der Waals surface area contributed by atoms with Gasteiger partial charge in [-0.25, -0.2) is 4.98 Å². The molecule has 2 aromatic carbocycles. The quantitative estimate of drug-likeness (QED) is 0.347. The summed E-state index contributed by atoms with van der Waals surface area (Å²) in [6, 6.07) is 14.0. The van der Waals surface area contributed by atoms with E-state index in [2.05, 4.69) is 71.3 Å². The molecular formula is C25H25BrN2O4S. The number of thiazole rings is 1. The van der Waals surface area contributed by atoms with Gasteiger partial charge in [0.25, 0.3) is 0 Å². The van der Waals surface area contributed by atoms with Crippen LogP contribution in [0.25, 0.3) is 6.08 Å². The lowest BCUT2D eigenvalue weighted by molar-refractivity contribution is -0.136. The van der Waals surface area contributed by atoms with Crippen LogP contribution in [0.5, 0.6) is 5.75 Å². The number of hydrogen-bond donors (Lipinski definition) is 2. The van der Waals surface area contributed by atoms with Crippen molar-refractivity contribution < 1.29 is 19.4 Å². The first kappa shape index (κ1) is 24.7. The number of nitrogens with one attached hydrogen (secondary N) is 1. The average molecular weight is 529 g/mol. The number of amides is 1. The normalized spacial score (nSPS) is 11.5. The molecule has 0 unspecified atom stereocenters. The van der Waals surface area contributed by atoms with Gasteiger partial charge in [-0.3, -0.25) is 14.9 Å². The summed E-state index contributed by atoms with van der Waals surface area (Å²) >= 11 is 4.64. The highest BCUT2D eigenvalue weighted by Gasteiger charge is 2.13. The van der Waals surface area contributed by atoms with Crippen molar-refractivity contribution in [3.05, 3.63) is 80.8 Å². The molecular weight excluding hydrogens is 504 g/mol. The molecule has 33 heavy (non-hydrogen) atoms. The molecule has 0 aliphatic heterocycles. The zero-order valence-corrected chi connectivity index (χ0v) is 21.0. The zero-order valence-electron chi connectivity index (χ0n) is 18.6. The molecule has 0 aliphatic carbocycles. The van der Waals surface area contributed by atoms with Gasteiger partial charge in [0.1, 0.15) is 12.4 Å². The first-order valence-corrected chi connectivity index (χ1v) is 11.9. The van der Waals surface area contributed by atoms with Crippen LogP contribution in [-0.4, -0.2) is 22.0 Å². The monoisotopic (exact) mass is 528 g/mol. The van der Waals surface area contributed by atoms with E-state index in [1.54, 1.807) is 11.5 Å². The molecule has 1 heterocycles. The number of carboxylic acids is 1. The van der Waals surface area contributed by atoms with Crippen LogP contribution < -0.4 is 10.1 Å². The number of carbonyl (C=O) groups is 2. The van der Waals surface area contributed by atoms with Gasteiger partial charge in [-0.05, 0) is 40.8 Å². The van der Waals surface area contributed by atoms with Gasteiger partial charge in [0.2, 0.25) is 5.91 Å². The first-order chi connectivity index (χ1) is 15.6. The fourth-order valence-corrected chi connectivity index (χ4v) is 4.05. The molecule has 1 aromatic heterocycles. The van der Waals surface area contributed by atoms with Gasteiger partial charge < -0.3 is 9.84 Å². The molecule has 6 nitrogen and oxygen atoms in total. The second-order valence-corrected chi connectivity index (χ2v) is 10.2. The van der Waals surface area contributed by atoms with Crippen molar-refractivity contribution in [3.63, 3.8) is 0 Å². The van der Waals surface area contributed by atoms with Crippen LogP contribution in [0.3, 0.4) is 0 Å². The van der Waals surface area contributed by atoms with E-state index in [-0.39, 0.29) is 17.7 Å². The number of carbonyl (C=O) groups excluding carboxylic acids is 1. The molecule has 8 heteroatoms. The largest absolute Gasteiger partial charge is 0.488 e. The molecule has 2 N–H and O–H groups in total. The van der Waals surface area contributed by atoms with Crippen LogP contribution in [0.4, 0.5) is 5.13 Å². The topological polar surface area (TPSA) is 88.5 Å². The van der Waals surface area contributed by atoms with Gasteiger partial charge >= 0.3 is 5.97 Å². The van der Waals surface area contributed by atoms with E-state index >= 15 is 0 Å². The van der Waals surface area contributed by atoms with E-state index in [9.17, 15) is 9.59 Å². The van der Waals surface area contributed by atoms with Gasteiger partial charge in [-0.15, -0.1) is 11.3 Å². The van der Waals surface area contributed by atoms with E-state index in [0.717, 1.165) is 15.6 Å². The Labute approximate surface area is 205 Å². The summed E-state index contributed by atoms with van der Waals surface area (Å²) < 4.78 is 6.89. The number of nitrogens with zero attached hydrogens (tertiary/aromatic N) is 1. The van der Waals surface area contributed by atoms with Crippen LogP contribution >= 0.6 is 27.3 Å². The van der Waals surface area contributed by atoms with Crippen LogP contribution in [0, 0.1) is 0 Å². The summed E-state index contributed by atoms with van der Waals surface area (Å²) in [5.41, 5.74) is 3.57. The maximum atomic E-state index is 12.3. The summed E-state index contributed by atoms with van der Waals surface area (Å²) in [5.74, 6) is -0.680. The van der Waals surface area contributed by atoms with E-state index in [4.69, 9.17) is 9.84 Å². The fourth-order valence-electron chi connectivity index (χ4n) is 2.96. The molecule has 0 aliphatic rings. The number of aromatic nitrogens is 1. The molecule has 0 atom stereocenters. The minimum absolute atomic E-state index is 0.0973. The Hall–Kier alpha value is -2.97. The number of benzene rings is 2. The van der Waals surface area contributed by atoms with Crippen LogP contribution in [0.1, 0.15) is 43.2 Å². The third-order valence-corrected chi connectivity index (χ3v) is 6.01. The van der Waals surface area contributed by atoms with E-state index < -0.39 is 5.97 Å². The maximum Gasteiger partial charge on any atom is 0.309 e. The lowest BCUT2D eigenvalue weighted by atomic mass is 9.87. The molecule has 3 rings (SSSR count). The third kappa shape index (κ3) is 7.54. The van der Waals surface area contributed by atoms with Crippen LogP contribution in [0.2, 0.25) is 0 Å². The highest BCUT2D eigenvalue weighted by Crippen LogP contribution is 2.27. The van der Waals surface area contributed by atoms with Crippen molar-refractivity contribution >= 4 is 50.4 Å². The SMILES string of the molecule is CC(C)(C)c1ccc(COc2ccc(Br)cc2/C=C/C(=O)Nc2nc(CC(=O)O)cs2)cc1. The standard InChI is InChI=1S/C25H25BrN2O4S/c1-25(2,3)18-7-4-16(5-8-18)14-32-21-10-9-19(26)12-17(21)6-11-22(29)28-24-27-20(15-33-24)13-23(30)31/h4-12,15H,13-14H2,1-3H3,(H,30,31)(H,27,28,29)/b11-6+. The smallest absolute Gasteiger partial charge is 0.309 e. The van der Waals surface area contributed by atoms with Gasteiger partial charge in [0.15, 0.2) is 5.13 Å². The molecule has 0 bridgehead atoms. The Kier molecular flexibility index (Phi) is 8.05. The first-order valence-electron chi connectivity index (χ1n) is 10.3. The van der Waals surface area contributed by atoms with E-state index in [1.165, 1.54) is 23.0 Å². The second-order valence-electron chi connectivity index (χ2n) is 8.45. The summed E-state index contributed by atoms with van der Waals surface area (Å²) in [7, 11) is 0. The number of rotatable bonds is 8. The number of hydrogen-bond acceptors (Lipinski definition) is 5. The van der Waals surface area contributed by atoms with Crippen LogP contribution in [0.15, 0.2) is 58.4 Å². The molecule has 172 valence electrons. The van der Waals surface area contributed by atoms with Gasteiger partial charge in [-0.2, -0.15) is 0 Å². The van der Waals surface area contributed by atoms with Crippen LogP contribution in [-0.2, 0) is 28.0 Å². The minimum Gasteiger partial charge on any atom is -0.488 e. The predicted molar refractivity (Wildman–Crippen MR) is 135 cm³/mol. The maximum absolute atomic E-state index is 12.3. The lowest BCUT2D eigenvalue weighted by Crippen LogP contribution is -2.10. The Bertz CT molecular complexity index is 1160. The molecule has 0 saturated heterocycles. The van der Waals surface area contributed by atoms with Gasteiger partial charge in [0, 0.05) is 21.5 Å². The highest BCUT2D eigenvalue weighted by atomic mass is 79.9. The Morgan fingerprint density at radius 2 is 1.91 bits per heavy atom. The molecule has 0 spiro atoms. The summed E-state index contributed by atoms with van der Waals surface area (Å²) in [6.07, 6.45) is 2.88. The number of ether oxygens (including phenoxy) is 1. The molecule has 0 radical (unpaired) electrons. The predicted octanol–water partition coefficient (Wildman–Crippen LogP) is 6.06. The molecule has 3 aromatic rings. The zero-order chi connectivity index (χ0) is 24.0. The van der Waals surface area contributed by atoms with Crippen molar-refractivity contribution in [2.24, 2.45) is 0 Å². The fraction of sp³-hybridized carbons (Fsp3) is 0.240. The summed E-state index contributed by atoms with van der Waals surface area (Å²) in [6.45, 7) is 6.94. The Balaban J connectivity index is 1.65. The molecule has 1 amide bonds. The summed E-state index contributed by atoms with van der Waals surface area (Å²) in [4.78, 5) is 27.2. The number of halogens is 1. The second kappa shape index (κ2) is 10.8. The molecule has 0 fully saturated rings. The number of carboxylic acid groups (broad SMARTS) is 1. The highest BCUT2D eigenvalue weighted by molar-refractivity contribution is 9.10. The van der Waals surface area contributed by atoms with Crippen molar-refractivity contribution in [3.8, 4) is 5.75 Å². The summed E-state index contributed by atoms with van der Waals surface area (Å²) in [5, 5.41) is 13.4. The van der Waals surface area contributed by atoms with Crippen molar-refractivity contribution in [1.82, 2.24) is 4.98 Å². The number of aliphatic carboxylic acids is 1. The average Bonchev–Trinajstić information content (AvgIpc) is 3.17. The van der Waals surface area contributed by atoms with Gasteiger partial charge in [0.05, 0.1) is 12.1 Å². The minimum atomic E-state index is -0.967. The van der Waals surface area contributed by atoms with E-state index in [1.807, 2.05) is 18.2 Å². The Morgan fingerprint density at radius 1 is 1.18 bits per heavy atom. The Morgan fingerprint density at radius 3 is 2.58 bits per heavy atom. The van der Waals surface area contributed by atoms with Crippen molar-refractivity contribution in [1.29, 1.82) is 0 Å². The van der Waals surface area contributed by atoms with Crippen molar-refractivity contribution in [2.45, 2.75) is 39.2 Å². The lowest BCUT2D eigenvalue weighted by Gasteiger charge is -2.19.